The van der Waals surface area contributed by atoms with Crippen LogP contribution in [0.5, 0.6) is 0 Å². The fourth-order valence-corrected chi connectivity index (χ4v) is 2.52. The van der Waals surface area contributed by atoms with E-state index in [-0.39, 0.29) is 18.4 Å². The maximum absolute atomic E-state index is 14.1. The van der Waals surface area contributed by atoms with Crippen LogP contribution in [-0.4, -0.2) is 24.9 Å². The van der Waals surface area contributed by atoms with E-state index in [1.807, 2.05) is 11.3 Å². The molecule has 0 aliphatic carbocycles. The first-order chi connectivity index (χ1) is 9.56. The molecule has 1 N–H and O–H groups in total. The van der Waals surface area contributed by atoms with Gasteiger partial charge in [-0.2, -0.15) is 0 Å². The minimum Gasteiger partial charge on any atom is -0.371 e. The van der Waals surface area contributed by atoms with E-state index in [0.29, 0.717) is 18.8 Å². The molecule has 6 heteroatoms. The number of rotatable bonds is 2. The van der Waals surface area contributed by atoms with Crippen LogP contribution in [0, 0.1) is 18.1 Å². The minimum atomic E-state index is -0.940. The Hall–Kier alpha value is -1.98. The molecule has 2 aliphatic heterocycles. The number of amides is 2. The molecule has 2 fully saturated rings. The van der Waals surface area contributed by atoms with Crippen molar-refractivity contribution in [1.82, 2.24) is 5.32 Å². The lowest BCUT2D eigenvalue weighted by molar-refractivity contribution is -0.134. The number of benzene rings is 1. The monoisotopic (exact) mass is 279 g/mol. The summed E-state index contributed by atoms with van der Waals surface area (Å²) in [6, 6.07) is 2.49. The Bertz CT molecular complexity index is 562. The van der Waals surface area contributed by atoms with Gasteiger partial charge in [0.2, 0.25) is 11.8 Å². The molecule has 20 heavy (non-hydrogen) atoms. The normalized spacial score (nSPS) is 22.5. The number of nitrogens with one attached hydrogen (secondary N) is 1. The number of hydrogen-bond acceptors (Lipinski definition) is 3. The third-order valence-electron chi connectivity index (χ3n) is 3.72. The molecule has 1 radical (unpaired) electrons. The Morgan fingerprint density at radius 2 is 1.80 bits per heavy atom. The Balaban J connectivity index is 1.93. The average Bonchev–Trinajstić information content (AvgIpc) is 2.28. The lowest BCUT2D eigenvalue weighted by Crippen LogP contribution is -2.40. The lowest BCUT2D eigenvalue weighted by atomic mass is 9.89. The molecule has 105 valence electrons. The fraction of sp³-hybridized carbons (Fsp3) is 0.357. The van der Waals surface area contributed by atoms with Gasteiger partial charge in [0.1, 0.15) is 11.6 Å². The molecule has 2 saturated heterocycles. The Morgan fingerprint density at radius 3 is 2.30 bits per heavy atom. The summed E-state index contributed by atoms with van der Waals surface area (Å²) in [5.41, 5.74) is 0.224. The number of anilines is 1. The van der Waals surface area contributed by atoms with E-state index in [1.54, 1.807) is 0 Å². The van der Waals surface area contributed by atoms with Crippen LogP contribution in [0.3, 0.4) is 0 Å². The fourth-order valence-electron chi connectivity index (χ4n) is 2.52. The summed E-state index contributed by atoms with van der Waals surface area (Å²) in [4.78, 5) is 24.6. The maximum atomic E-state index is 14.1. The van der Waals surface area contributed by atoms with Gasteiger partial charge in [0, 0.05) is 37.2 Å². The lowest BCUT2D eigenvalue weighted by Gasteiger charge is -2.33. The molecule has 0 bridgehead atoms. The van der Waals surface area contributed by atoms with E-state index < -0.39 is 29.4 Å². The summed E-state index contributed by atoms with van der Waals surface area (Å²) < 4.78 is 28.3. The minimum absolute atomic E-state index is 0.0954. The van der Waals surface area contributed by atoms with Crippen LogP contribution in [0.4, 0.5) is 14.5 Å². The quantitative estimate of drug-likeness (QED) is 0.835. The zero-order valence-electron chi connectivity index (χ0n) is 10.7. The van der Waals surface area contributed by atoms with Gasteiger partial charge in [-0.1, -0.05) is 0 Å². The highest BCUT2D eigenvalue weighted by molar-refractivity contribution is 6.01. The highest BCUT2D eigenvalue weighted by Crippen LogP contribution is 2.33. The van der Waals surface area contributed by atoms with Gasteiger partial charge < -0.3 is 4.90 Å². The molecule has 3 rings (SSSR count). The molecule has 2 aliphatic rings. The smallest absolute Gasteiger partial charge is 0.234 e. The molecule has 2 amide bonds. The van der Waals surface area contributed by atoms with Gasteiger partial charge >= 0.3 is 0 Å². The third kappa shape index (κ3) is 2.15. The predicted molar refractivity (Wildman–Crippen MR) is 68.0 cm³/mol. The van der Waals surface area contributed by atoms with Crippen molar-refractivity contribution in [1.29, 1.82) is 0 Å². The first-order valence-electron chi connectivity index (χ1n) is 6.45. The van der Waals surface area contributed by atoms with E-state index in [0.717, 1.165) is 0 Å². The molecule has 1 atom stereocenters. The van der Waals surface area contributed by atoms with Crippen molar-refractivity contribution in [2.45, 2.75) is 18.8 Å². The van der Waals surface area contributed by atoms with Crippen molar-refractivity contribution < 1.29 is 18.4 Å². The molecular formula is C14H13F2N2O2. The van der Waals surface area contributed by atoms with Crippen molar-refractivity contribution >= 4 is 17.5 Å². The van der Waals surface area contributed by atoms with Crippen molar-refractivity contribution in [2.75, 3.05) is 18.0 Å². The van der Waals surface area contributed by atoms with E-state index >= 15 is 0 Å². The maximum Gasteiger partial charge on any atom is 0.234 e. The van der Waals surface area contributed by atoms with Crippen LogP contribution in [0.1, 0.15) is 24.3 Å². The summed E-state index contributed by atoms with van der Waals surface area (Å²) >= 11 is 0. The van der Waals surface area contributed by atoms with Crippen molar-refractivity contribution in [2.24, 2.45) is 0 Å². The second-order valence-electron chi connectivity index (χ2n) is 5.02. The SMILES string of the molecule is O=C1CC[C@@H](c2c(F)cc(N3C[CH]C3)cc2F)C(=O)N1. The number of halogens is 2. The Kier molecular flexibility index (Phi) is 3.16. The molecule has 2 heterocycles. The number of hydrogen-bond donors (Lipinski definition) is 1. The van der Waals surface area contributed by atoms with E-state index in [1.165, 1.54) is 12.1 Å². The van der Waals surface area contributed by atoms with Crippen LogP contribution >= 0.6 is 0 Å². The number of piperidine rings is 1. The third-order valence-corrected chi connectivity index (χ3v) is 3.72. The second kappa shape index (κ2) is 4.85. The largest absolute Gasteiger partial charge is 0.371 e. The standard InChI is InChI=1S/C14H13F2N2O2/c15-10-6-8(18-4-1-5-18)7-11(16)13(10)9-2-3-12(19)17-14(9)20/h1,6-7,9H,2-5H2,(H,17,19,20)/t9-/m0/s1. The highest BCUT2D eigenvalue weighted by atomic mass is 19.1. The molecule has 1 aromatic carbocycles. The number of imide groups is 1. The molecule has 1 aromatic rings. The van der Waals surface area contributed by atoms with Gasteiger partial charge in [-0.25, -0.2) is 8.78 Å². The van der Waals surface area contributed by atoms with Crippen LogP contribution < -0.4 is 10.2 Å². The van der Waals surface area contributed by atoms with Gasteiger partial charge in [-0.15, -0.1) is 0 Å². The molecule has 0 unspecified atom stereocenters. The molecule has 0 saturated carbocycles. The highest BCUT2D eigenvalue weighted by Gasteiger charge is 2.33. The van der Waals surface area contributed by atoms with Crippen molar-refractivity contribution in [3.8, 4) is 0 Å². The summed E-state index contributed by atoms with van der Waals surface area (Å²) in [6.07, 6.45) is 2.22. The summed E-state index contributed by atoms with van der Waals surface area (Å²) in [7, 11) is 0. The first kappa shape index (κ1) is 13.0. The van der Waals surface area contributed by atoms with E-state index in [4.69, 9.17) is 0 Å². The molecule has 0 spiro atoms. The first-order valence-corrected chi connectivity index (χ1v) is 6.45. The van der Waals surface area contributed by atoms with E-state index in [2.05, 4.69) is 5.32 Å². The molecular weight excluding hydrogens is 266 g/mol. The summed E-state index contributed by atoms with van der Waals surface area (Å²) in [5, 5.41) is 2.12. The van der Waals surface area contributed by atoms with Crippen molar-refractivity contribution in [3.05, 3.63) is 35.8 Å². The van der Waals surface area contributed by atoms with Gasteiger partial charge in [0.15, 0.2) is 0 Å². The van der Waals surface area contributed by atoms with Gasteiger partial charge in [-0.05, 0) is 18.6 Å². The van der Waals surface area contributed by atoms with Gasteiger partial charge in [0.25, 0.3) is 0 Å². The number of nitrogens with zero attached hydrogens (tertiary/aromatic N) is 1. The van der Waals surface area contributed by atoms with E-state index in [9.17, 15) is 18.4 Å². The van der Waals surface area contributed by atoms with Gasteiger partial charge in [-0.3, -0.25) is 14.9 Å². The van der Waals surface area contributed by atoms with Crippen LogP contribution in [-0.2, 0) is 9.59 Å². The topological polar surface area (TPSA) is 49.4 Å². The van der Waals surface area contributed by atoms with Crippen LogP contribution in [0.2, 0.25) is 0 Å². The Morgan fingerprint density at radius 1 is 1.15 bits per heavy atom. The molecule has 0 aromatic heterocycles. The summed E-state index contributed by atoms with van der Waals surface area (Å²) in [5.74, 6) is -3.45. The predicted octanol–water partition coefficient (Wildman–Crippen LogP) is 1.51. The van der Waals surface area contributed by atoms with Crippen LogP contribution in [0.15, 0.2) is 12.1 Å². The van der Waals surface area contributed by atoms with Gasteiger partial charge in [0.05, 0.1) is 5.92 Å². The van der Waals surface area contributed by atoms with Crippen molar-refractivity contribution in [3.63, 3.8) is 0 Å². The Labute approximate surface area is 114 Å². The zero-order chi connectivity index (χ0) is 14.3. The van der Waals surface area contributed by atoms with Crippen LogP contribution in [0.25, 0.3) is 0 Å². The number of carbonyl (C=O) groups excluding carboxylic acids is 2. The average molecular weight is 279 g/mol. The number of carbonyl (C=O) groups is 2. The second-order valence-corrected chi connectivity index (χ2v) is 5.02. The zero-order valence-corrected chi connectivity index (χ0v) is 10.7. The molecule has 4 nitrogen and oxygen atoms in total. The summed E-state index contributed by atoms with van der Waals surface area (Å²) in [6.45, 7) is 1.33.